The van der Waals surface area contributed by atoms with Crippen molar-refractivity contribution < 1.29 is 4.52 Å². The molecular weight excluding hydrogens is 306 g/mol. The van der Waals surface area contributed by atoms with Crippen LogP contribution >= 0.6 is 15.9 Å². The van der Waals surface area contributed by atoms with Crippen LogP contribution in [-0.2, 0) is 0 Å². The molecule has 1 fully saturated rings. The first-order valence-electron chi connectivity index (χ1n) is 6.66. The average molecular weight is 322 g/mol. The molecule has 2 heterocycles. The Bertz CT molecular complexity index is 547. The maximum Gasteiger partial charge on any atom is 0.244 e. The van der Waals surface area contributed by atoms with E-state index < -0.39 is 0 Å². The van der Waals surface area contributed by atoms with Crippen molar-refractivity contribution in [2.24, 2.45) is 0 Å². The van der Waals surface area contributed by atoms with E-state index in [4.69, 9.17) is 4.52 Å². The van der Waals surface area contributed by atoms with Crippen LogP contribution in [0.5, 0.6) is 0 Å². The number of halogens is 1. The first-order chi connectivity index (χ1) is 9.34. The number of benzene rings is 1. The van der Waals surface area contributed by atoms with Crippen LogP contribution in [0.3, 0.4) is 0 Å². The second kappa shape index (κ2) is 5.84. The highest BCUT2D eigenvalue weighted by Crippen LogP contribution is 2.28. The zero-order valence-electron chi connectivity index (χ0n) is 10.6. The fraction of sp³-hybridized carbons (Fsp3) is 0.429. The Labute approximate surface area is 120 Å². The van der Waals surface area contributed by atoms with Gasteiger partial charge in [-0.15, -0.1) is 0 Å². The molecule has 1 aromatic heterocycles. The summed E-state index contributed by atoms with van der Waals surface area (Å²) in [4.78, 5) is 4.54. The summed E-state index contributed by atoms with van der Waals surface area (Å²) in [6, 6.07) is 8.11. The summed E-state index contributed by atoms with van der Waals surface area (Å²) in [6.07, 6.45) is 4.78. The van der Waals surface area contributed by atoms with Gasteiger partial charge in [0.25, 0.3) is 0 Å². The van der Waals surface area contributed by atoms with E-state index in [-0.39, 0.29) is 6.04 Å². The molecule has 0 spiro atoms. The van der Waals surface area contributed by atoms with Crippen LogP contribution in [0.25, 0.3) is 11.4 Å². The number of aromatic nitrogens is 2. The number of hydrogen-bond acceptors (Lipinski definition) is 4. The molecule has 1 aliphatic heterocycles. The van der Waals surface area contributed by atoms with E-state index in [9.17, 15) is 0 Å². The molecule has 3 rings (SSSR count). The summed E-state index contributed by atoms with van der Waals surface area (Å²) in [5.74, 6) is 1.35. The van der Waals surface area contributed by atoms with Crippen molar-refractivity contribution >= 4 is 15.9 Å². The van der Waals surface area contributed by atoms with Crippen LogP contribution in [-0.4, -0.2) is 16.7 Å². The molecule has 1 N–H and O–H groups in total. The molecule has 1 atom stereocenters. The Morgan fingerprint density at radius 1 is 1.21 bits per heavy atom. The number of hydrogen-bond donors (Lipinski definition) is 1. The van der Waals surface area contributed by atoms with Crippen molar-refractivity contribution in [3.63, 3.8) is 0 Å². The highest BCUT2D eigenvalue weighted by molar-refractivity contribution is 9.10. The molecule has 2 aromatic rings. The largest absolute Gasteiger partial charge is 0.337 e. The third-order valence-corrected chi connectivity index (χ3v) is 4.11. The van der Waals surface area contributed by atoms with Gasteiger partial charge < -0.3 is 9.84 Å². The van der Waals surface area contributed by atoms with Gasteiger partial charge in [0.05, 0.1) is 6.04 Å². The fourth-order valence-corrected chi connectivity index (χ4v) is 2.83. The quantitative estimate of drug-likeness (QED) is 0.916. The second-order valence-electron chi connectivity index (χ2n) is 4.79. The van der Waals surface area contributed by atoms with E-state index >= 15 is 0 Å². The second-order valence-corrected chi connectivity index (χ2v) is 5.65. The number of rotatable bonds is 2. The standard InChI is InChI=1S/C14H16BrN3O/c15-11-7-4-3-6-10(11)13-17-14(19-18-13)12-8-2-1-5-9-16-12/h3-4,6-7,12,16H,1-2,5,8-9H2. The van der Waals surface area contributed by atoms with Gasteiger partial charge in [-0.1, -0.05) is 46.1 Å². The fourth-order valence-electron chi connectivity index (χ4n) is 2.37. The van der Waals surface area contributed by atoms with Crippen LogP contribution in [0.1, 0.15) is 37.6 Å². The monoisotopic (exact) mass is 321 g/mol. The van der Waals surface area contributed by atoms with Crippen molar-refractivity contribution in [3.8, 4) is 11.4 Å². The lowest BCUT2D eigenvalue weighted by Crippen LogP contribution is -2.20. The number of nitrogens with zero attached hydrogens (tertiary/aromatic N) is 2. The molecule has 1 saturated heterocycles. The maximum absolute atomic E-state index is 5.42. The molecule has 4 nitrogen and oxygen atoms in total. The molecule has 1 aromatic carbocycles. The summed E-state index contributed by atoms with van der Waals surface area (Å²) >= 11 is 3.51. The smallest absolute Gasteiger partial charge is 0.244 e. The highest BCUT2D eigenvalue weighted by Gasteiger charge is 2.20. The third kappa shape index (κ3) is 2.87. The molecule has 19 heavy (non-hydrogen) atoms. The van der Waals surface area contributed by atoms with Gasteiger partial charge in [-0.3, -0.25) is 0 Å². The van der Waals surface area contributed by atoms with Gasteiger partial charge in [-0.2, -0.15) is 4.98 Å². The summed E-state index contributed by atoms with van der Waals surface area (Å²) in [7, 11) is 0. The van der Waals surface area contributed by atoms with E-state index in [0.29, 0.717) is 11.7 Å². The molecule has 0 amide bonds. The van der Waals surface area contributed by atoms with Gasteiger partial charge in [0.1, 0.15) is 0 Å². The molecule has 1 aliphatic rings. The minimum atomic E-state index is 0.200. The normalized spacial score (nSPS) is 20.2. The van der Waals surface area contributed by atoms with Gasteiger partial charge in [0.2, 0.25) is 11.7 Å². The van der Waals surface area contributed by atoms with Crippen molar-refractivity contribution in [1.29, 1.82) is 0 Å². The molecule has 100 valence electrons. The van der Waals surface area contributed by atoms with Gasteiger partial charge in [-0.25, -0.2) is 0 Å². The lowest BCUT2D eigenvalue weighted by atomic mass is 10.1. The summed E-state index contributed by atoms with van der Waals surface area (Å²) in [5, 5.41) is 7.57. The number of nitrogens with one attached hydrogen (secondary N) is 1. The zero-order valence-corrected chi connectivity index (χ0v) is 12.2. The average Bonchev–Trinajstić information content (AvgIpc) is 2.75. The minimum absolute atomic E-state index is 0.200. The summed E-state index contributed by atoms with van der Waals surface area (Å²) in [6.45, 7) is 1.03. The van der Waals surface area contributed by atoms with Crippen LogP contribution in [0.4, 0.5) is 0 Å². The maximum atomic E-state index is 5.42. The minimum Gasteiger partial charge on any atom is -0.337 e. The van der Waals surface area contributed by atoms with E-state index in [0.717, 1.165) is 23.0 Å². The Hall–Kier alpha value is -1.20. The van der Waals surface area contributed by atoms with Gasteiger partial charge in [0.15, 0.2) is 0 Å². The molecule has 0 aliphatic carbocycles. The van der Waals surface area contributed by atoms with Gasteiger partial charge in [0, 0.05) is 10.0 Å². The van der Waals surface area contributed by atoms with Crippen molar-refractivity contribution in [1.82, 2.24) is 15.5 Å². The van der Waals surface area contributed by atoms with Crippen molar-refractivity contribution in [2.75, 3.05) is 6.54 Å². The van der Waals surface area contributed by atoms with Gasteiger partial charge >= 0.3 is 0 Å². The lowest BCUT2D eigenvalue weighted by Gasteiger charge is -2.09. The Kier molecular flexibility index (Phi) is 3.94. The SMILES string of the molecule is Brc1ccccc1-c1noc(C2CCCCCN2)n1. The highest BCUT2D eigenvalue weighted by atomic mass is 79.9. The summed E-state index contributed by atoms with van der Waals surface area (Å²) in [5.41, 5.74) is 0.964. The molecular formula is C14H16BrN3O. The van der Waals surface area contributed by atoms with E-state index in [1.165, 1.54) is 19.3 Å². The van der Waals surface area contributed by atoms with E-state index in [2.05, 4.69) is 31.4 Å². The van der Waals surface area contributed by atoms with Crippen LogP contribution in [0.2, 0.25) is 0 Å². The van der Waals surface area contributed by atoms with E-state index in [1.54, 1.807) is 0 Å². The Morgan fingerprint density at radius 2 is 2.11 bits per heavy atom. The van der Waals surface area contributed by atoms with Crippen molar-refractivity contribution in [3.05, 3.63) is 34.6 Å². The molecule has 1 unspecified atom stereocenters. The predicted molar refractivity (Wildman–Crippen MR) is 76.6 cm³/mol. The molecule has 0 saturated carbocycles. The first kappa shape index (κ1) is 12.8. The lowest BCUT2D eigenvalue weighted by molar-refractivity contribution is 0.327. The van der Waals surface area contributed by atoms with Gasteiger partial charge in [-0.05, 0) is 31.5 Å². The molecule has 0 radical (unpaired) electrons. The van der Waals surface area contributed by atoms with Crippen molar-refractivity contribution in [2.45, 2.75) is 31.7 Å². The first-order valence-corrected chi connectivity index (χ1v) is 7.46. The van der Waals surface area contributed by atoms with Crippen LogP contribution in [0.15, 0.2) is 33.3 Å². The molecule has 0 bridgehead atoms. The topological polar surface area (TPSA) is 51.0 Å². The zero-order chi connectivity index (χ0) is 13.1. The van der Waals surface area contributed by atoms with Crippen LogP contribution < -0.4 is 5.32 Å². The Morgan fingerprint density at radius 3 is 3.00 bits per heavy atom. The summed E-state index contributed by atoms with van der Waals surface area (Å²) < 4.78 is 6.41. The molecule has 5 heteroatoms. The van der Waals surface area contributed by atoms with Crippen LogP contribution in [0, 0.1) is 0 Å². The third-order valence-electron chi connectivity index (χ3n) is 3.41. The predicted octanol–water partition coefficient (Wildman–Crippen LogP) is 3.70. The Balaban J connectivity index is 1.85. The van der Waals surface area contributed by atoms with E-state index in [1.807, 2.05) is 24.3 Å².